The number of nitrogens with zero attached hydrogens (tertiary/aromatic N) is 3. The second-order valence-electron chi connectivity index (χ2n) is 3.74. The molecule has 0 amide bonds. The van der Waals surface area contributed by atoms with Crippen molar-refractivity contribution in [1.29, 1.82) is 0 Å². The van der Waals surface area contributed by atoms with Gasteiger partial charge in [0.25, 0.3) is 0 Å². The molecule has 1 unspecified atom stereocenters. The number of methoxy groups -OCH3 is 1. The smallest absolute Gasteiger partial charge is 0.118 e. The molecule has 0 aliphatic heterocycles. The number of aliphatic hydroxyl groups is 1. The van der Waals surface area contributed by atoms with Gasteiger partial charge in [-0.25, -0.2) is 0 Å². The molecular weight excluding hydrogens is 218 g/mol. The van der Waals surface area contributed by atoms with E-state index in [1.807, 2.05) is 24.3 Å². The van der Waals surface area contributed by atoms with Gasteiger partial charge in [-0.1, -0.05) is 23.7 Å². The summed E-state index contributed by atoms with van der Waals surface area (Å²) in [6, 6.07) is 7.38. The first-order valence-corrected chi connectivity index (χ1v) is 5.61. The van der Waals surface area contributed by atoms with Gasteiger partial charge in [0.2, 0.25) is 0 Å². The fourth-order valence-electron chi connectivity index (χ4n) is 1.56. The molecule has 1 aromatic carbocycles. The second-order valence-corrected chi connectivity index (χ2v) is 3.74. The van der Waals surface area contributed by atoms with Gasteiger partial charge < -0.3 is 9.84 Å². The summed E-state index contributed by atoms with van der Waals surface area (Å²) in [5, 5.41) is 13.3. The summed E-state index contributed by atoms with van der Waals surface area (Å²) in [6.45, 7) is 0.492. The number of unbranched alkanes of at least 4 members (excludes halogenated alkanes) is 1. The maximum absolute atomic E-state index is 9.90. The van der Waals surface area contributed by atoms with Crippen LogP contribution >= 0.6 is 0 Å². The van der Waals surface area contributed by atoms with Crippen molar-refractivity contribution in [2.75, 3.05) is 13.7 Å². The highest BCUT2D eigenvalue weighted by molar-refractivity contribution is 5.28. The number of benzene rings is 1. The lowest BCUT2D eigenvalue weighted by atomic mass is 10.0. The summed E-state index contributed by atoms with van der Waals surface area (Å²) < 4.78 is 5.05. The Morgan fingerprint density at radius 1 is 1.35 bits per heavy atom. The summed E-state index contributed by atoms with van der Waals surface area (Å²) in [5.74, 6) is 0.782. The van der Waals surface area contributed by atoms with Gasteiger partial charge in [0.15, 0.2) is 0 Å². The van der Waals surface area contributed by atoms with E-state index in [-0.39, 0.29) is 0 Å². The van der Waals surface area contributed by atoms with Crippen molar-refractivity contribution >= 4 is 0 Å². The van der Waals surface area contributed by atoms with E-state index in [0.717, 1.165) is 24.2 Å². The minimum Gasteiger partial charge on any atom is -0.497 e. The summed E-state index contributed by atoms with van der Waals surface area (Å²) in [4.78, 5) is 2.68. The Bertz CT molecular complexity index is 372. The summed E-state index contributed by atoms with van der Waals surface area (Å²) in [5.41, 5.74) is 8.98. The van der Waals surface area contributed by atoms with Crippen molar-refractivity contribution in [2.24, 2.45) is 5.11 Å². The van der Waals surface area contributed by atoms with Crippen molar-refractivity contribution < 1.29 is 9.84 Å². The lowest BCUT2D eigenvalue weighted by Gasteiger charge is -2.10. The van der Waals surface area contributed by atoms with Gasteiger partial charge in [-0.2, -0.15) is 0 Å². The third-order valence-electron chi connectivity index (χ3n) is 2.55. The highest BCUT2D eigenvalue weighted by atomic mass is 16.5. The largest absolute Gasteiger partial charge is 0.497 e. The molecule has 1 atom stereocenters. The Morgan fingerprint density at radius 2 is 2.06 bits per heavy atom. The number of rotatable bonds is 7. The molecule has 0 aliphatic carbocycles. The van der Waals surface area contributed by atoms with Crippen LogP contribution in [0.1, 0.15) is 30.9 Å². The molecule has 0 saturated carbocycles. The molecule has 5 nitrogen and oxygen atoms in total. The molecule has 5 heteroatoms. The molecular formula is C12H17N3O2. The van der Waals surface area contributed by atoms with Crippen LogP contribution in [-0.2, 0) is 0 Å². The molecule has 92 valence electrons. The standard InChI is InChI=1S/C12H17N3O2/c1-17-11-7-5-10(6-8-11)12(16)4-2-3-9-14-15-13/h5-8,12,16H,2-4,9H2,1H3. The summed E-state index contributed by atoms with van der Waals surface area (Å²) >= 11 is 0. The first-order chi connectivity index (χ1) is 8.27. The van der Waals surface area contributed by atoms with E-state index in [1.165, 1.54) is 0 Å². The van der Waals surface area contributed by atoms with E-state index >= 15 is 0 Å². The maximum atomic E-state index is 9.90. The van der Waals surface area contributed by atoms with Gasteiger partial charge in [0, 0.05) is 11.5 Å². The third-order valence-corrected chi connectivity index (χ3v) is 2.55. The average Bonchev–Trinajstić information content (AvgIpc) is 2.38. The topological polar surface area (TPSA) is 78.2 Å². The van der Waals surface area contributed by atoms with Crippen LogP contribution < -0.4 is 4.74 Å². The summed E-state index contributed by atoms with van der Waals surface area (Å²) in [6.07, 6.45) is 1.85. The predicted octanol–water partition coefficient (Wildman–Crippen LogP) is 3.21. The monoisotopic (exact) mass is 235 g/mol. The minimum absolute atomic E-state index is 0.466. The first-order valence-electron chi connectivity index (χ1n) is 5.61. The van der Waals surface area contributed by atoms with Gasteiger partial charge in [-0.3, -0.25) is 0 Å². The molecule has 0 bridgehead atoms. The highest BCUT2D eigenvalue weighted by Gasteiger charge is 2.06. The van der Waals surface area contributed by atoms with Crippen molar-refractivity contribution in [1.82, 2.24) is 0 Å². The molecule has 0 spiro atoms. The summed E-state index contributed by atoms with van der Waals surface area (Å²) in [7, 11) is 1.61. The number of hydrogen-bond donors (Lipinski definition) is 1. The van der Waals surface area contributed by atoms with Crippen LogP contribution in [0.15, 0.2) is 29.4 Å². The number of aliphatic hydroxyl groups excluding tert-OH is 1. The van der Waals surface area contributed by atoms with Crippen LogP contribution in [0.3, 0.4) is 0 Å². The molecule has 0 fully saturated rings. The van der Waals surface area contributed by atoms with Crippen molar-refractivity contribution in [2.45, 2.75) is 25.4 Å². The Morgan fingerprint density at radius 3 is 2.65 bits per heavy atom. The normalized spacial score (nSPS) is 11.6. The van der Waals surface area contributed by atoms with Gasteiger partial charge in [0.1, 0.15) is 5.75 Å². The van der Waals surface area contributed by atoms with Crippen LogP contribution in [0.2, 0.25) is 0 Å². The van der Waals surface area contributed by atoms with Gasteiger partial charge in [-0.05, 0) is 36.1 Å². The maximum Gasteiger partial charge on any atom is 0.118 e. The fraction of sp³-hybridized carbons (Fsp3) is 0.500. The lowest BCUT2D eigenvalue weighted by Crippen LogP contribution is -1.97. The number of hydrogen-bond acceptors (Lipinski definition) is 3. The van der Waals surface area contributed by atoms with Crippen LogP contribution in [0, 0.1) is 0 Å². The van der Waals surface area contributed by atoms with E-state index in [2.05, 4.69) is 10.0 Å². The van der Waals surface area contributed by atoms with Crippen LogP contribution in [0.25, 0.3) is 10.4 Å². The minimum atomic E-state index is -0.466. The third kappa shape index (κ3) is 4.76. The van der Waals surface area contributed by atoms with Crippen molar-refractivity contribution in [3.8, 4) is 5.75 Å². The van der Waals surface area contributed by atoms with E-state index < -0.39 is 6.10 Å². The molecule has 0 aromatic heterocycles. The molecule has 0 heterocycles. The van der Waals surface area contributed by atoms with Gasteiger partial charge in [-0.15, -0.1) is 0 Å². The van der Waals surface area contributed by atoms with Crippen LogP contribution in [0.4, 0.5) is 0 Å². The Labute approximate surface area is 101 Å². The average molecular weight is 235 g/mol. The molecule has 1 N–H and O–H groups in total. The molecule has 0 radical (unpaired) electrons. The SMILES string of the molecule is COc1ccc(C(O)CCCCN=[N+]=[N-])cc1. The number of ether oxygens (including phenoxy) is 1. The second kappa shape index (κ2) is 7.54. The first kappa shape index (κ1) is 13.4. The number of azide groups is 1. The van der Waals surface area contributed by atoms with Crippen LogP contribution in [0.5, 0.6) is 5.75 Å². The Hall–Kier alpha value is -1.71. The molecule has 1 aromatic rings. The van der Waals surface area contributed by atoms with E-state index in [0.29, 0.717) is 13.0 Å². The Balaban J connectivity index is 2.35. The highest BCUT2D eigenvalue weighted by Crippen LogP contribution is 2.21. The van der Waals surface area contributed by atoms with Crippen molar-refractivity contribution in [3.05, 3.63) is 40.3 Å². The van der Waals surface area contributed by atoms with E-state index in [1.54, 1.807) is 7.11 Å². The zero-order valence-corrected chi connectivity index (χ0v) is 9.91. The Kier molecular flexibility index (Phi) is 5.93. The molecule has 0 saturated heterocycles. The zero-order valence-electron chi connectivity index (χ0n) is 9.91. The molecule has 0 aliphatic rings. The van der Waals surface area contributed by atoms with Crippen molar-refractivity contribution in [3.63, 3.8) is 0 Å². The molecule has 17 heavy (non-hydrogen) atoms. The van der Waals surface area contributed by atoms with E-state index in [9.17, 15) is 5.11 Å². The molecule has 1 rings (SSSR count). The van der Waals surface area contributed by atoms with Gasteiger partial charge >= 0.3 is 0 Å². The van der Waals surface area contributed by atoms with Gasteiger partial charge in [0.05, 0.1) is 13.2 Å². The lowest BCUT2D eigenvalue weighted by molar-refractivity contribution is 0.164. The van der Waals surface area contributed by atoms with E-state index in [4.69, 9.17) is 10.3 Å². The van der Waals surface area contributed by atoms with Crippen LogP contribution in [-0.4, -0.2) is 18.8 Å². The fourth-order valence-corrected chi connectivity index (χ4v) is 1.56. The predicted molar refractivity (Wildman–Crippen MR) is 65.8 cm³/mol. The zero-order chi connectivity index (χ0) is 12.5. The quantitative estimate of drug-likeness (QED) is 0.341.